The van der Waals surface area contributed by atoms with Gasteiger partial charge in [-0.3, -0.25) is 38.4 Å². The average Bonchev–Trinajstić information content (AvgIpc) is 3.77. The number of aromatic amines is 1. The molecule has 4 aromatic rings. The molecule has 0 radical (unpaired) electrons. The van der Waals surface area contributed by atoms with Crippen molar-refractivity contribution in [2.24, 2.45) is 5.73 Å². The first kappa shape index (κ1) is 57.4. The Kier molecular flexibility index (Phi) is 22.5. The van der Waals surface area contributed by atoms with E-state index in [9.17, 15) is 53.7 Å². The molecular formula is C50H66N10O11S2. The van der Waals surface area contributed by atoms with E-state index in [1.807, 2.05) is 24.3 Å². The van der Waals surface area contributed by atoms with Crippen LogP contribution in [0.3, 0.4) is 0 Å². The molecule has 0 saturated carbocycles. The van der Waals surface area contributed by atoms with E-state index in [0.717, 1.165) is 38.1 Å². The molecule has 2 heterocycles. The summed E-state index contributed by atoms with van der Waals surface area (Å²) in [5, 5.41) is 53.0. The molecule has 3 aromatic carbocycles. The molecule has 10 atom stereocenters. The summed E-state index contributed by atoms with van der Waals surface area (Å²) in [5.74, 6) is -6.64. The predicted molar refractivity (Wildman–Crippen MR) is 277 cm³/mol. The molecule has 0 bridgehead atoms. The molecule has 8 amide bonds. The first-order valence-corrected chi connectivity index (χ1v) is 26.4. The van der Waals surface area contributed by atoms with Gasteiger partial charge in [0, 0.05) is 54.9 Å². The molecule has 10 unspecified atom stereocenters. The Labute approximate surface area is 430 Å². The van der Waals surface area contributed by atoms with Crippen molar-refractivity contribution in [3.63, 3.8) is 0 Å². The summed E-state index contributed by atoms with van der Waals surface area (Å²) in [6, 6.07) is 14.1. The highest BCUT2D eigenvalue weighted by Crippen LogP contribution is 2.24. The van der Waals surface area contributed by atoms with Crippen LogP contribution >= 0.6 is 21.6 Å². The molecule has 1 fully saturated rings. The van der Waals surface area contributed by atoms with Gasteiger partial charge in [0.2, 0.25) is 47.3 Å². The van der Waals surface area contributed by atoms with E-state index in [4.69, 9.17) is 5.73 Å². The zero-order valence-electron chi connectivity index (χ0n) is 40.8. The van der Waals surface area contributed by atoms with Crippen LogP contribution < -0.4 is 48.3 Å². The molecule has 23 heteroatoms. The summed E-state index contributed by atoms with van der Waals surface area (Å²) < 4.78 is 0. The van der Waals surface area contributed by atoms with Crippen LogP contribution in [0.2, 0.25) is 0 Å². The fourth-order valence-corrected chi connectivity index (χ4v) is 10.1. The number of hydrogen-bond acceptors (Lipinski definition) is 14. The highest BCUT2D eigenvalue weighted by atomic mass is 33.1. The maximum atomic E-state index is 14.8. The van der Waals surface area contributed by atoms with Gasteiger partial charge in [0.25, 0.3) is 0 Å². The van der Waals surface area contributed by atoms with Gasteiger partial charge in [-0.05, 0) is 55.9 Å². The Bertz CT molecular complexity index is 2500. The largest absolute Gasteiger partial charge is 0.394 e. The molecule has 0 spiro atoms. The van der Waals surface area contributed by atoms with Crippen LogP contribution in [0.15, 0.2) is 91.1 Å². The Morgan fingerprint density at radius 3 is 1.96 bits per heavy atom. The Morgan fingerprint density at radius 1 is 0.726 bits per heavy atom. The summed E-state index contributed by atoms with van der Waals surface area (Å²) in [6.07, 6.45) is -1.11. The molecule has 1 aliphatic rings. The average molecular weight is 1050 g/mol. The lowest BCUT2D eigenvalue weighted by Gasteiger charge is -2.29. The number of nitrogens with two attached hydrogens (primary N) is 1. The van der Waals surface area contributed by atoms with E-state index in [0.29, 0.717) is 11.1 Å². The van der Waals surface area contributed by atoms with E-state index in [1.54, 1.807) is 66.9 Å². The lowest BCUT2D eigenvalue weighted by atomic mass is 10.0. The summed E-state index contributed by atoms with van der Waals surface area (Å²) in [5.41, 5.74) is 9.13. The summed E-state index contributed by atoms with van der Waals surface area (Å²) in [4.78, 5) is 115. The normalized spacial score (nSPS) is 22.4. The highest BCUT2D eigenvalue weighted by molar-refractivity contribution is 8.76. The van der Waals surface area contributed by atoms with Crippen LogP contribution in [0.5, 0.6) is 0 Å². The second-order valence-corrected chi connectivity index (χ2v) is 20.4. The van der Waals surface area contributed by atoms with Crippen LogP contribution in [0.1, 0.15) is 50.3 Å². The highest BCUT2D eigenvalue weighted by Gasteiger charge is 2.36. The van der Waals surface area contributed by atoms with Gasteiger partial charge in [0.15, 0.2) is 0 Å². The number of para-hydroxylation sites is 1. The summed E-state index contributed by atoms with van der Waals surface area (Å²) in [6.45, 7) is 3.31. The number of amides is 8. The lowest BCUT2D eigenvalue weighted by Crippen LogP contribution is -2.62. The van der Waals surface area contributed by atoms with Crippen molar-refractivity contribution >= 4 is 79.7 Å². The number of carbonyl (C=O) groups is 8. The maximum Gasteiger partial charge on any atom is 0.245 e. The van der Waals surface area contributed by atoms with Gasteiger partial charge in [-0.1, -0.05) is 100 Å². The van der Waals surface area contributed by atoms with Crippen LogP contribution in [0, 0.1) is 0 Å². The van der Waals surface area contributed by atoms with Crippen LogP contribution in [0.25, 0.3) is 10.9 Å². The third-order valence-electron chi connectivity index (χ3n) is 11.9. The molecule has 5 rings (SSSR count). The van der Waals surface area contributed by atoms with Crippen LogP contribution in [-0.4, -0.2) is 153 Å². The molecule has 1 saturated heterocycles. The molecule has 73 heavy (non-hydrogen) atoms. The Balaban J connectivity index is 1.57. The molecule has 1 aromatic heterocycles. The second kappa shape index (κ2) is 28.7. The van der Waals surface area contributed by atoms with Crippen molar-refractivity contribution in [1.29, 1.82) is 0 Å². The minimum absolute atomic E-state index is 0.0669. The number of aromatic nitrogens is 1. The third kappa shape index (κ3) is 17.9. The van der Waals surface area contributed by atoms with E-state index in [1.165, 1.54) is 20.8 Å². The molecule has 394 valence electrons. The monoisotopic (exact) mass is 1050 g/mol. The fourth-order valence-electron chi connectivity index (χ4n) is 7.81. The number of aliphatic hydroxyl groups excluding tert-OH is 3. The molecule has 0 aliphatic carbocycles. The van der Waals surface area contributed by atoms with Crippen molar-refractivity contribution in [2.75, 3.05) is 24.7 Å². The Morgan fingerprint density at radius 2 is 1.32 bits per heavy atom. The number of H-pyrrole nitrogens is 1. The number of benzene rings is 3. The number of aliphatic hydroxyl groups is 3. The van der Waals surface area contributed by atoms with Gasteiger partial charge in [-0.25, -0.2) is 0 Å². The fraction of sp³-hybridized carbons (Fsp3) is 0.440. The van der Waals surface area contributed by atoms with Crippen molar-refractivity contribution in [3.05, 3.63) is 108 Å². The molecular weight excluding hydrogens is 981 g/mol. The predicted octanol–water partition coefficient (Wildman–Crippen LogP) is -1.02. The van der Waals surface area contributed by atoms with Crippen molar-refractivity contribution in [1.82, 2.24) is 47.5 Å². The number of carbonyl (C=O) groups excluding carboxylic acids is 8. The molecule has 21 nitrogen and oxygen atoms in total. The number of fused-ring (bicyclic) bond motifs is 1. The minimum Gasteiger partial charge on any atom is -0.394 e. The van der Waals surface area contributed by atoms with E-state index >= 15 is 0 Å². The zero-order chi connectivity index (χ0) is 53.0. The van der Waals surface area contributed by atoms with Crippen molar-refractivity contribution < 1.29 is 53.7 Å². The summed E-state index contributed by atoms with van der Waals surface area (Å²) in [7, 11) is 2.03. The van der Waals surface area contributed by atoms with Crippen LogP contribution in [-0.2, 0) is 57.6 Å². The Hall–Kier alpha value is -6.50. The van der Waals surface area contributed by atoms with Crippen LogP contribution in [0.4, 0.5) is 0 Å². The van der Waals surface area contributed by atoms with Crippen molar-refractivity contribution in [3.8, 4) is 0 Å². The van der Waals surface area contributed by atoms with Gasteiger partial charge >= 0.3 is 0 Å². The topological polar surface area (TPSA) is 335 Å². The molecule has 14 N–H and O–H groups in total. The maximum absolute atomic E-state index is 14.8. The van der Waals surface area contributed by atoms with Gasteiger partial charge in [-0.15, -0.1) is 0 Å². The first-order valence-electron chi connectivity index (χ1n) is 23.9. The second-order valence-electron chi connectivity index (χ2n) is 17.8. The van der Waals surface area contributed by atoms with Gasteiger partial charge in [0.1, 0.15) is 36.3 Å². The number of hydrogen-bond donors (Lipinski definition) is 13. The number of nitrogens with one attached hydrogen (secondary N) is 9. The first-order chi connectivity index (χ1) is 34.9. The summed E-state index contributed by atoms with van der Waals surface area (Å²) >= 11 is 0. The molecule has 1 aliphatic heterocycles. The van der Waals surface area contributed by atoms with Gasteiger partial charge < -0.3 is 68.6 Å². The van der Waals surface area contributed by atoms with Gasteiger partial charge in [-0.2, -0.15) is 0 Å². The van der Waals surface area contributed by atoms with E-state index < -0.39 is 108 Å². The SMILES string of the molecule is CC(=O)NCCCC1NC(=O)C(Cc2c[nH]c3ccccc23)NC(=O)C(Cc2ccccc2)NC(=O)C(NC(=O)C(N)Cc2ccccc2)CSSCC(C(=O)NC(CO)C(C)O)NC(=O)C(C(C)O)NC1=O. The number of rotatable bonds is 17. The standard InChI is InChI=1S/C50H66N10O11S2/c1-28(62)40(25-61)57-49(70)42-27-73-72-26-41(58-44(65)35(51)21-31-13-6-4-7-14-31)48(69)55-38(22-32-15-8-5-9-16-32)46(67)56-39(23-33-24-53-36-18-11-10-17-34(33)36)47(68)54-37(19-12-20-52-30(3)64)45(66)60-43(29(2)63)50(71)59-42/h4-11,13-18,24,28-29,35,37-43,53,61-63H,12,19-23,25-27,51H2,1-3H3,(H,52,64)(H,54,68)(H,55,69)(H,56,67)(H,57,70)(H,58,65)(H,59,71)(H,60,66). The third-order valence-corrected chi connectivity index (χ3v) is 14.4. The van der Waals surface area contributed by atoms with Crippen molar-refractivity contribution in [2.45, 2.75) is 113 Å². The zero-order valence-corrected chi connectivity index (χ0v) is 42.4. The quantitative estimate of drug-likeness (QED) is 0.0445. The smallest absolute Gasteiger partial charge is 0.245 e. The minimum atomic E-state index is -1.71. The van der Waals surface area contributed by atoms with E-state index in [-0.39, 0.29) is 56.1 Å². The van der Waals surface area contributed by atoms with Gasteiger partial charge in [0.05, 0.1) is 30.9 Å². The van der Waals surface area contributed by atoms with E-state index in [2.05, 4.69) is 47.5 Å². The lowest BCUT2D eigenvalue weighted by molar-refractivity contribution is -0.136.